The van der Waals surface area contributed by atoms with Crippen molar-refractivity contribution >= 4 is 5.91 Å². The Kier molecular flexibility index (Phi) is 4.04. The molecule has 1 saturated heterocycles. The average Bonchev–Trinajstić information content (AvgIpc) is 2.40. The Morgan fingerprint density at radius 3 is 2.84 bits per heavy atom. The highest BCUT2D eigenvalue weighted by Gasteiger charge is 2.31. The molecule has 0 aliphatic carbocycles. The van der Waals surface area contributed by atoms with Crippen molar-refractivity contribution in [2.24, 2.45) is 12.8 Å². The highest BCUT2D eigenvalue weighted by atomic mass is 16.2. The van der Waals surface area contributed by atoms with Crippen LogP contribution in [0.2, 0.25) is 0 Å². The molecule has 0 spiro atoms. The number of aromatic nitrogens is 1. The second-order valence-corrected chi connectivity index (χ2v) is 5.25. The first-order valence-corrected chi connectivity index (χ1v) is 6.74. The number of hydrogen-bond donors (Lipinski definition) is 1. The Morgan fingerprint density at radius 2 is 2.21 bits per heavy atom. The molecule has 1 aliphatic rings. The highest BCUT2D eigenvalue weighted by molar-refractivity contribution is 5.94. The van der Waals surface area contributed by atoms with Gasteiger partial charge >= 0.3 is 0 Å². The van der Waals surface area contributed by atoms with Crippen LogP contribution in [0.15, 0.2) is 23.1 Å². The van der Waals surface area contributed by atoms with E-state index in [1.165, 1.54) is 10.6 Å². The zero-order chi connectivity index (χ0) is 14.0. The smallest absolute Gasteiger partial charge is 0.254 e. The lowest BCUT2D eigenvalue weighted by Gasteiger charge is -2.40. The summed E-state index contributed by atoms with van der Waals surface area (Å²) in [4.78, 5) is 26.0. The topological polar surface area (TPSA) is 68.3 Å². The third kappa shape index (κ3) is 2.71. The summed E-state index contributed by atoms with van der Waals surface area (Å²) in [5.41, 5.74) is 6.05. The van der Waals surface area contributed by atoms with Crippen molar-refractivity contribution in [3.05, 3.63) is 34.2 Å². The van der Waals surface area contributed by atoms with Crippen LogP contribution in [-0.2, 0) is 7.05 Å². The van der Waals surface area contributed by atoms with Crippen LogP contribution in [0.3, 0.4) is 0 Å². The maximum absolute atomic E-state index is 12.6. The van der Waals surface area contributed by atoms with E-state index < -0.39 is 0 Å². The van der Waals surface area contributed by atoms with Crippen molar-refractivity contribution < 1.29 is 4.79 Å². The van der Waals surface area contributed by atoms with Crippen LogP contribution in [0, 0.1) is 0 Å². The highest BCUT2D eigenvalue weighted by Crippen LogP contribution is 2.24. The quantitative estimate of drug-likeness (QED) is 0.855. The molecule has 1 aliphatic heterocycles. The Morgan fingerprint density at radius 1 is 1.47 bits per heavy atom. The van der Waals surface area contributed by atoms with Gasteiger partial charge in [0.25, 0.3) is 11.5 Å². The summed E-state index contributed by atoms with van der Waals surface area (Å²) in [7, 11) is 1.67. The van der Waals surface area contributed by atoms with E-state index in [1.807, 2.05) is 11.8 Å². The first-order valence-electron chi connectivity index (χ1n) is 6.74. The molecule has 2 atom stereocenters. The SMILES string of the molecule is CC1CCCC(CN)N1C(=O)c1ccn(C)c(=O)c1. The van der Waals surface area contributed by atoms with Crippen LogP contribution >= 0.6 is 0 Å². The van der Waals surface area contributed by atoms with E-state index >= 15 is 0 Å². The Hall–Kier alpha value is -1.62. The van der Waals surface area contributed by atoms with Gasteiger partial charge in [-0.25, -0.2) is 0 Å². The van der Waals surface area contributed by atoms with E-state index in [-0.39, 0.29) is 23.6 Å². The maximum atomic E-state index is 12.6. The van der Waals surface area contributed by atoms with Crippen LogP contribution < -0.4 is 11.3 Å². The van der Waals surface area contributed by atoms with Crippen LogP contribution in [0.1, 0.15) is 36.5 Å². The number of aryl methyl sites for hydroxylation is 1. The summed E-state index contributed by atoms with van der Waals surface area (Å²) in [5.74, 6) is -0.0830. The van der Waals surface area contributed by atoms with Crippen molar-refractivity contribution in [1.29, 1.82) is 0 Å². The molecule has 0 radical (unpaired) electrons. The minimum Gasteiger partial charge on any atom is -0.332 e. The third-order valence-electron chi connectivity index (χ3n) is 3.89. The molecule has 1 aromatic heterocycles. The molecule has 1 aromatic rings. The third-order valence-corrected chi connectivity index (χ3v) is 3.89. The first-order chi connectivity index (χ1) is 9.04. The molecule has 1 fully saturated rings. The van der Waals surface area contributed by atoms with E-state index in [0.717, 1.165) is 19.3 Å². The van der Waals surface area contributed by atoms with Crippen molar-refractivity contribution in [1.82, 2.24) is 9.47 Å². The molecule has 2 unspecified atom stereocenters. The second kappa shape index (κ2) is 5.57. The molecule has 5 nitrogen and oxygen atoms in total. The summed E-state index contributed by atoms with van der Waals surface area (Å²) in [5, 5.41) is 0. The lowest BCUT2D eigenvalue weighted by molar-refractivity contribution is 0.0494. The van der Waals surface area contributed by atoms with Gasteiger partial charge in [0, 0.05) is 43.5 Å². The normalized spacial score (nSPS) is 23.4. The molecule has 1 amide bonds. The first kappa shape index (κ1) is 13.8. The van der Waals surface area contributed by atoms with Crippen molar-refractivity contribution in [2.75, 3.05) is 6.54 Å². The Labute approximate surface area is 113 Å². The van der Waals surface area contributed by atoms with E-state index in [9.17, 15) is 9.59 Å². The predicted octanol–water partition coefficient (Wildman–Crippen LogP) is 0.727. The summed E-state index contributed by atoms with van der Waals surface area (Å²) < 4.78 is 1.46. The minimum absolute atomic E-state index is 0.0830. The maximum Gasteiger partial charge on any atom is 0.254 e. The fraction of sp³-hybridized carbons (Fsp3) is 0.571. The molecule has 5 heteroatoms. The molecule has 0 saturated carbocycles. The number of amides is 1. The number of carbonyl (C=O) groups excluding carboxylic acids is 1. The fourth-order valence-electron chi connectivity index (χ4n) is 2.71. The lowest BCUT2D eigenvalue weighted by Crippen LogP contribution is -2.52. The summed E-state index contributed by atoms with van der Waals surface area (Å²) in [6.07, 6.45) is 4.66. The van der Waals surface area contributed by atoms with Gasteiger partial charge < -0.3 is 15.2 Å². The van der Waals surface area contributed by atoms with Gasteiger partial charge in [0.15, 0.2) is 0 Å². The summed E-state index contributed by atoms with van der Waals surface area (Å²) >= 11 is 0. The molecule has 2 rings (SSSR count). The van der Waals surface area contributed by atoms with Gasteiger partial charge in [-0.3, -0.25) is 9.59 Å². The Bertz CT molecular complexity index is 524. The van der Waals surface area contributed by atoms with Crippen LogP contribution in [0.25, 0.3) is 0 Å². The molecule has 19 heavy (non-hydrogen) atoms. The standard InChI is InChI=1S/C14H21N3O2/c1-10-4-3-5-12(9-15)17(10)14(19)11-6-7-16(2)13(18)8-11/h6-8,10,12H,3-5,9,15H2,1-2H3. The number of nitrogens with zero attached hydrogens (tertiary/aromatic N) is 2. The number of pyridine rings is 1. The van der Waals surface area contributed by atoms with Gasteiger partial charge in [0.2, 0.25) is 0 Å². The van der Waals surface area contributed by atoms with E-state index in [0.29, 0.717) is 12.1 Å². The number of piperidine rings is 1. The number of carbonyl (C=O) groups is 1. The molecule has 0 bridgehead atoms. The largest absolute Gasteiger partial charge is 0.332 e. The van der Waals surface area contributed by atoms with Crippen LogP contribution in [-0.4, -0.2) is 34.0 Å². The summed E-state index contributed by atoms with van der Waals surface area (Å²) in [6, 6.07) is 3.36. The zero-order valence-electron chi connectivity index (χ0n) is 11.5. The number of rotatable bonds is 2. The molecular formula is C14H21N3O2. The zero-order valence-corrected chi connectivity index (χ0v) is 11.5. The monoisotopic (exact) mass is 263 g/mol. The van der Waals surface area contributed by atoms with Gasteiger partial charge in [0.05, 0.1) is 0 Å². The molecule has 2 heterocycles. The molecule has 104 valence electrons. The van der Waals surface area contributed by atoms with Gasteiger partial charge in [-0.2, -0.15) is 0 Å². The predicted molar refractivity (Wildman–Crippen MR) is 74.0 cm³/mol. The minimum atomic E-state index is -0.167. The second-order valence-electron chi connectivity index (χ2n) is 5.25. The molecular weight excluding hydrogens is 242 g/mol. The Balaban J connectivity index is 2.30. The lowest BCUT2D eigenvalue weighted by atomic mass is 9.95. The van der Waals surface area contributed by atoms with Crippen LogP contribution in [0.5, 0.6) is 0 Å². The van der Waals surface area contributed by atoms with Gasteiger partial charge in [-0.1, -0.05) is 0 Å². The van der Waals surface area contributed by atoms with Gasteiger partial charge in [-0.05, 0) is 32.3 Å². The van der Waals surface area contributed by atoms with E-state index in [1.54, 1.807) is 19.3 Å². The van der Waals surface area contributed by atoms with Gasteiger partial charge in [0.1, 0.15) is 0 Å². The van der Waals surface area contributed by atoms with Crippen molar-refractivity contribution in [3.63, 3.8) is 0 Å². The summed E-state index contributed by atoms with van der Waals surface area (Å²) in [6.45, 7) is 2.52. The fourth-order valence-corrected chi connectivity index (χ4v) is 2.71. The van der Waals surface area contributed by atoms with E-state index in [4.69, 9.17) is 5.73 Å². The molecule has 0 aromatic carbocycles. The average molecular weight is 263 g/mol. The number of hydrogen-bond acceptors (Lipinski definition) is 3. The number of likely N-dealkylation sites (tertiary alicyclic amines) is 1. The molecule has 2 N–H and O–H groups in total. The van der Waals surface area contributed by atoms with Crippen molar-refractivity contribution in [2.45, 2.75) is 38.3 Å². The number of nitrogens with two attached hydrogens (primary N) is 1. The van der Waals surface area contributed by atoms with Crippen LogP contribution in [0.4, 0.5) is 0 Å². The van der Waals surface area contributed by atoms with Gasteiger partial charge in [-0.15, -0.1) is 0 Å². The van der Waals surface area contributed by atoms with Crippen molar-refractivity contribution in [3.8, 4) is 0 Å². The van der Waals surface area contributed by atoms with E-state index in [2.05, 4.69) is 0 Å².